The van der Waals surface area contributed by atoms with Crippen molar-refractivity contribution in [2.24, 2.45) is 0 Å². The Labute approximate surface area is 434 Å². The van der Waals surface area contributed by atoms with Crippen molar-refractivity contribution in [3.63, 3.8) is 0 Å². The van der Waals surface area contributed by atoms with Gasteiger partial charge in [0.2, 0.25) is 0 Å². The van der Waals surface area contributed by atoms with Crippen molar-refractivity contribution in [3.8, 4) is 44.8 Å². The second kappa shape index (κ2) is 14.7. The van der Waals surface area contributed by atoms with Gasteiger partial charge in [-0.25, -0.2) is 0 Å². The molecule has 1 aliphatic carbocycles. The van der Waals surface area contributed by atoms with Gasteiger partial charge in [0, 0.05) is 43.8 Å². The van der Waals surface area contributed by atoms with E-state index in [1.54, 1.807) is 0 Å². The molecule has 74 heavy (non-hydrogen) atoms. The number of hydrogen-bond acceptors (Lipinski definition) is 0. The Morgan fingerprint density at radius 1 is 0.338 bits per heavy atom. The summed E-state index contributed by atoms with van der Waals surface area (Å²) < 4.78 is 5.56. The fourth-order valence-corrected chi connectivity index (χ4v) is 14.9. The average molecular weight is 949 g/mol. The maximum absolute atomic E-state index is 2.81. The molecule has 0 bridgehead atoms. The lowest BCUT2D eigenvalue weighted by Crippen LogP contribution is -2.61. The van der Waals surface area contributed by atoms with Gasteiger partial charge in [0.15, 0.2) is 0 Å². The molecule has 0 radical (unpaired) electrons. The third-order valence-corrected chi connectivity index (χ3v) is 18.4. The van der Waals surface area contributed by atoms with Crippen LogP contribution in [0.15, 0.2) is 176 Å². The highest BCUT2D eigenvalue weighted by molar-refractivity contribution is 7.00. The van der Waals surface area contributed by atoms with Crippen LogP contribution in [0.25, 0.3) is 99.1 Å². The lowest BCUT2D eigenvalue weighted by Gasteiger charge is -2.45. The first kappa shape index (κ1) is 42.6. The van der Waals surface area contributed by atoms with Crippen LogP contribution < -0.4 is 16.4 Å². The molecule has 16 rings (SSSR count). The summed E-state index contributed by atoms with van der Waals surface area (Å²) in [6, 6.07) is 69.7. The molecule has 2 aromatic heterocycles. The number of nitrogens with zero attached hydrogens (tertiary/aromatic N) is 2. The Bertz CT molecular complexity index is 4450. The topological polar surface area (TPSA) is 9.86 Å². The van der Waals surface area contributed by atoms with Crippen LogP contribution in [-0.4, -0.2) is 15.8 Å². The molecular weight excluding hydrogens is 892 g/mol. The van der Waals surface area contributed by atoms with Gasteiger partial charge in [-0.1, -0.05) is 195 Å². The maximum Gasteiger partial charge on any atom is 0.252 e. The molecular formula is C71H57BN2. The first-order chi connectivity index (χ1) is 36.0. The molecule has 0 unspecified atom stereocenters. The monoisotopic (exact) mass is 948 g/mol. The summed E-state index contributed by atoms with van der Waals surface area (Å²) in [5, 5.41) is 8.01. The molecule has 1 spiro atoms. The van der Waals surface area contributed by atoms with E-state index in [0.29, 0.717) is 23.7 Å². The SMILES string of the molecule is CC(C)c1ccc2c(c1)c1cc(C(C)C)cc3c1n2-c1c(-c2cccc4c(-c5ccccc5)cccc24)cc2c4c1B3c1cc(C(C)C)cc3c5cc(C(C)C)cc(c5n-4c13)C21c2ccccc2-c2ccccc21. The molecule has 0 atom stereocenters. The number of fused-ring (bicyclic) bond motifs is 15. The second-order valence-electron chi connectivity index (χ2n) is 23.5. The van der Waals surface area contributed by atoms with Crippen LogP contribution in [0, 0.1) is 0 Å². The molecule has 3 aliphatic heterocycles. The highest BCUT2D eigenvalue weighted by Gasteiger charge is 2.55. The number of rotatable bonds is 6. The summed E-state index contributed by atoms with van der Waals surface area (Å²) in [4.78, 5) is 0. The van der Waals surface area contributed by atoms with Gasteiger partial charge in [0.25, 0.3) is 6.71 Å². The minimum absolute atomic E-state index is 0.0239. The van der Waals surface area contributed by atoms with Gasteiger partial charge in [-0.05, 0) is 160 Å². The van der Waals surface area contributed by atoms with Crippen LogP contribution in [0.1, 0.15) is 124 Å². The molecule has 4 aliphatic rings. The van der Waals surface area contributed by atoms with E-state index in [2.05, 4.69) is 240 Å². The van der Waals surface area contributed by atoms with Gasteiger partial charge in [0.1, 0.15) is 0 Å². The first-order valence-electron chi connectivity index (χ1n) is 27.3. The number of hydrogen-bond donors (Lipinski definition) is 0. The van der Waals surface area contributed by atoms with Crippen molar-refractivity contribution in [1.82, 2.24) is 9.13 Å². The van der Waals surface area contributed by atoms with E-state index in [9.17, 15) is 0 Å². The molecule has 0 amide bonds. The third kappa shape index (κ3) is 5.13. The van der Waals surface area contributed by atoms with Gasteiger partial charge >= 0.3 is 0 Å². The predicted molar refractivity (Wildman–Crippen MR) is 315 cm³/mol. The lowest BCUT2D eigenvalue weighted by molar-refractivity contribution is 0.744. The summed E-state index contributed by atoms with van der Waals surface area (Å²) in [5.41, 5.74) is 30.6. The van der Waals surface area contributed by atoms with E-state index in [4.69, 9.17) is 0 Å². The average Bonchev–Trinajstić information content (AvgIpc) is 4.21. The summed E-state index contributed by atoms with van der Waals surface area (Å²) >= 11 is 0. The van der Waals surface area contributed by atoms with E-state index >= 15 is 0 Å². The fourth-order valence-electron chi connectivity index (χ4n) is 14.9. The molecule has 2 nitrogen and oxygen atoms in total. The Morgan fingerprint density at radius 3 is 1.49 bits per heavy atom. The maximum atomic E-state index is 2.81. The first-order valence-corrected chi connectivity index (χ1v) is 27.3. The molecule has 0 fully saturated rings. The van der Waals surface area contributed by atoms with Crippen LogP contribution in [0.4, 0.5) is 0 Å². The van der Waals surface area contributed by atoms with Crippen molar-refractivity contribution < 1.29 is 0 Å². The van der Waals surface area contributed by atoms with Crippen molar-refractivity contribution in [2.75, 3.05) is 0 Å². The minimum Gasteiger partial charge on any atom is -0.310 e. The fraction of sp³-hybridized carbons (Fsp3) is 0.183. The van der Waals surface area contributed by atoms with Gasteiger partial charge in [-0.15, -0.1) is 0 Å². The quantitative estimate of drug-likeness (QED) is 0.147. The van der Waals surface area contributed by atoms with Gasteiger partial charge < -0.3 is 9.13 Å². The standard InChI is InChI=1S/C71H57BN2/c1-38(2)43-28-29-64-53(30-43)54-32-45(40(5)6)35-62-67(54)73(64)69-57(50-25-17-23-48-47(22-16-24-49(48)50)42-18-10-9-11-19-42)37-61-70-65(69)72(62)63-36-46(41(7)8)33-56-55-31-44(39(3)4)34-60(66(55)74(70)68(56)63)71(61)58-26-14-12-20-51(58)52-21-13-15-27-59(52)71/h9-41H,1-8H3. The van der Waals surface area contributed by atoms with Gasteiger partial charge in [-0.2, -0.15) is 0 Å². The molecule has 0 saturated carbocycles. The largest absolute Gasteiger partial charge is 0.310 e. The van der Waals surface area contributed by atoms with Gasteiger partial charge in [-0.3, -0.25) is 0 Å². The summed E-state index contributed by atoms with van der Waals surface area (Å²) in [7, 11) is 0. The van der Waals surface area contributed by atoms with E-state index in [-0.39, 0.29) is 6.71 Å². The van der Waals surface area contributed by atoms with Gasteiger partial charge in [0.05, 0.1) is 22.1 Å². The highest BCUT2D eigenvalue weighted by Crippen LogP contribution is 2.63. The minimum atomic E-state index is -0.608. The van der Waals surface area contributed by atoms with E-state index in [0.717, 1.165) is 0 Å². The van der Waals surface area contributed by atoms with Crippen molar-refractivity contribution in [2.45, 2.75) is 84.5 Å². The third-order valence-electron chi connectivity index (χ3n) is 18.4. The van der Waals surface area contributed by atoms with Crippen molar-refractivity contribution >= 4 is 77.5 Å². The van der Waals surface area contributed by atoms with Crippen LogP contribution in [0.2, 0.25) is 0 Å². The predicted octanol–water partition coefficient (Wildman–Crippen LogP) is 16.7. The molecule has 5 heterocycles. The van der Waals surface area contributed by atoms with Crippen LogP contribution >= 0.6 is 0 Å². The Kier molecular flexibility index (Phi) is 8.45. The summed E-state index contributed by atoms with van der Waals surface area (Å²) in [5.74, 6) is 1.43. The second-order valence-corrected chi connectivity index (χ2v) is 23.5. The van der Waals surface area contributed by atoms with E-state index in [1.165, 1.54) is 160 Å². The number of benzene rings is 10. The number of aromatic nitrogens is 2. The molecule has 3 heteroatoms. The molecule has 0 saturated heterocycles. The normalized spacial score (nSPS) is 14.2. The highest BCUT2D eigenvalue weighted by atomic mass is 15.1. The van der Waals surface area contributed by atoms with Crippen molar-refractivity contribution in [3.05, 3.63) is 220 Å². The van der Waals surface area contributed by atoms with Crippen LogP contribution in [-0.2, 0) is 5.41 Å². The zero-order valence-corrected chi connectivity index (χ0v) is 43.5. The zero-order chi connectivity index (χ0) is 49.8. The summed E-state index contributed by atoms with van der Waals surface area (Å²) in [6.07, 6.45) is 0. The van der Waals surface area contributed by atoms with Crippen LogP contribution in [0.3, 0.4) is 0 Å². The Balaban J connectivity index is 1.20. The van der Waals surface area contributed by atoms with E-state index < -0.39 is 5.41 Å². The van der Waals surface area contributed by atoms with Crippen LogP contribution in [0.5, 0.6) is 0 Å². The molecule has 354 valence electrons. The van der Waals surface area contributed by atoms with Crippen molar-refractivity contribution in [1.29, 1.82) is 0 Å². The smallest absolute Gasteiger partial charge is 0.252 e. The Hall–Kier alpha value is -7.88. The molecule has 12 aromatic rings. The Morgan fingerprint density at radius 2 is 0.851 bits per heavy atom. The molecule has 0 N–H and O–H groups in total. The van der Waals surface area contributed by atoms with E-state index in [1.807, 2.05) is 0 Å². The lowest BCUT2D eigenvalue weighted by atomic mass is 9.33. The zero-order valence-electron chi connectivity index (χ0n) is 43.5. The summed E-state index contributed by atoms with van der Waals surface area (Å²) in [6.45, 7) is 19.0. The molecule has 10 aromatic carbocycles.